The van der Waals surface area contributed by atoms with Gasteiger partial charge in [-0.3, -0.25) is 14.5 Å². The first-order valence-electron chi connectivity index (χ1n) is 9.97. The number of thiophene rings is 1. The Morgan fingerprint density at radius 3 is 2.62 bits per heavy atom. The Kier molecular flexibility index (Phi) is 5.33. The predicted molar refractivity (Wildman–Crippen MR) is 130 cm³/mol. The van der Waals surface area contributed by atoms with Gasteiger partial charge in [-0.25, -0.2) is 4.98 Å². The molecule has 4 aromatic rings. The summed E-state index contributed by atoms with van der Waals surface area (Å²) in [5, 5.41) is 14.0. The lowest BCUT2D eigenvalue weighted by atomic mass is 9.99. The Balaban J connectivity index is 1.68. The third-order valence-electron chi connectivity index (χ3n) is 5.44. The van der Waals surface area contributed by atoms with Gasteiger partial charge in [0.2, 0.25) is 0 Å². The molecule has 5 rings (SSSR count). The molecule has 0 bridgehead atoms. The number of carbonyl (C=O) groups is 2. The quantitative estimate of drug-likeness (QED) is 0.214. The van der Waals surface area contributed by atoms with Crippen molar-refractivity contribution in [3.05, 3.63) is 86.6 Å². The van der Waals surface area contributed by atoms with Crippen LogP contribution in [0, 0.1) is 0 Å². The number of anilines is 1. The number of nitrogens with zero attached hydrogens (tertiary/aromatic N) is 2. The molecule has 0 saturated carbocycles. The van der Waals surface area contributed by atoms with Gasteiger partial charge >= 0.3 is 5.91 Å². The first-order chi connectivity index (χ1) is 15.5. The molecule has 0 spiro atoms. The largest absolute Gasteiger partial charge is 0.507 e. The van der Waals surface area contributed by atoms with Crippen LogP contribution in [0.4, 0.5) is 5.13 Å². The second kappa shape index (κ2) is 8.16. The third kappa shape index (κ3) is 3.43. The number of halogens is 1. The number of aromatic nitrogens is 1. The zero-order valence-electron chi connectivity index (χ0n) is 16.9. The second-order valence-corrected chi connectivity index (χ2v) is 9.77. The van der Waals surface area contributed by atoms with Gasteiger partial charge in [-0.2, -0.15) is 0 Å². The Labute approximate surface area is 197 Å². The number of aliphatic hydroxyl groups is 1. The van der Waals surface area contributed by atoms with E-state index in [1.54, 1.807) is 30.3 Å². The van der Waals surface area contributed by atoms with E-state index in [2.05, 4.69) is 4.98 Å². The Morgan fingerprint density at radius 1 is 1.16 bits per heavy atom. The van der Waals surface area contributed by atoms with E-state index in [4.69, 9.17) is 11.6 Å². The van der Waals surface area contributed by atoms with Gasteiger partial charge in [-0.15, -0.1) is 11.3 Å². The van der Waals surface area contributed by atoms with Crippen LogP contribution >= 0.6 is 34.3 Å². The number of Topliss-reactive ketones (excluding diaryl/α,β-unsaturated/α-hetero) is 1. The van der Waals surface area contributed by atoms with Crippen LogP contribution in [-0.4, -0.2) is 21.8 Å². The van der Waals surface area contributed by atoms with Crippen molar-refractivity contribution in [1.82, 2.24) is 4.98 Å². The van der Waals surface area contributed by atoms with Gasteiger partial charge in [0.1, 0.15) is 11.8 Å². The molecule has 3 heterocycles. The van der Waals surface area contributed by atoms with E-state index >= 15 is 0 Å². The van der Waals surface area contributed by atoms with Crippen molar-refractivity contribution in [2.75, 3.05) is 4.90 Å². The van der Waals surface area contributed by atoms with E-state index in [1.165, 1.54) is 27.6 Å². The monoisotopic (exact) mass is 480 g/mol. The predicted octanol–water partition coefficient (Wildman–Crippen LogP) is 6.20. The van der Waals surface area contributed by atoms with Crippen LogP contribution in [0.1, 0.15) is 29.0 Å². The van der Waals surface area contributed by atoms with Crippen molar-refractivity contribution in [1.29, 1.82) is 0 Å². The van der Waals surface area contributed by atoms with Crippen LogP contribution in [0.15, 0.2) is 65.6 Å². The molecule has 1 aliphatic rings. The number of fused-ring (bicyclic) bond motifs is 1. The number of amides is 1. The first-order valence-corrected chi connectivity index (χ1v) is 12.0. The highest BCUT2D eigenvalue weighted by Gasteiger charge is 2.48. The van der Waals surface area contributed by atoms with Crippen LogP contribution < -0.4 is 4.90 Å². The minimum Gasteiger partial charge on any atom is -0.507 e. The highest BCUT2D eigenvalue weighted by molar-refractivity contribution is 7.22. The van der Waals surface area contributed by atoms with Gasteiger partial charge in [-0.05, 0) is 41.6 Å². The van der Waals surface area contributed by atoms with E-state index in [1.807, 2.05) is 36.6 Å². The smallest absolute Gasteiger partial charge is 0.301 e. The summed E-state index contributed by atoms with van der Waals surface area (Å²) in [5.74, 6) is -1.62. The lowest BCUT2D eigenvalue weighted by Crippen LogP contribution is -2.28. The normalized spacial score (nSPS) is 18.1. The van der Waals surface area contributed by atoms with Crippen LogP contribution in [0.25, 0.3) is 16.0 Å². The van der Waals surface area contributed by atoms with Crippen molar-refractivity contribution in [2.45, 2.75) is 19.4 Å². The van der Waals surface area contributed by atoms with Crippen LogP contribution in [0.3, 0.4) is 0 Å². The van der Waals surface area contributed by atoms with E-state index < -0.39 is 17.7 Å². The van der Waals surface area contributed by atoms with Crippen molar-refractivity contribution in [3.8, 4) is 0 Å². The molecule has 1 atom stereocenters. The fourth-order valence-corrected chi connectivity index (χ4v) is 5.88. The number of carbonyl (C=O) groups excluding carboxylic acids is 2. The maximum absolute atomic E-state index is 13.2. The van der Waals surface area contributed by atoms with Gasteiger partial charge in [0.25, 0.3) is 5.78 Å². The van der Waals surface area contributed by atoms with Crippen molar-refractivity contribution < 1.29 is 14.7 Å². The summed E-state index contributed by atoms with van der Waals surface area (Å²) in [4.78, 5) is 33.1. The minimum atomic E-state index is -0.753. The topological polar surface area (TPSA) is 70.5 Å². The highest BCUT2D eigenvalue weighted by atomic mass is 35.5. The lowest BCUT2D eigenvalue weighted by molar-refractivity contribution is -0.132. The number of aliphatic hydroxyl groups excluding tert-OH is 1. The molecule has 1 saturated heterocycles. The third-order valence-corrected chi connectivity index (χ3v) is 7.62. The van der Waals surface area contributed by atoms with Crippen molar-refractivity contribution in [3.63, 3.8) is 0 Å². The molecule has 160 valence electrons. The molecule has 0 aliphatic carbocycles. The van der Waals surface area contributed by atoms with Crippen LogP contribution in [0.5, 0.6) is 0 Å². The first kappa shape index (κ1) is 20.9. The number of aryl methyl sites for hydroxylation is 1. The molecule has 1 unspecified atom stereocenters. The summed E-state index contributed by atoms with van der Waals surface area (Å²) in [6.07, 6.45) is 0.863. The maximum atomic E-state index is 13.2. The van der Waals surface area contributed by atoms with Crippen molar-refractivity contribution in [2.24, 2.45) is 0 Å². The van der Waals surface area contributed by atoms with Crippen LogP contribution in [-0.2, 0) is 16.0 Å². The maximum Gasteiger partial charge on any atom is 0.301 e. The van der Waals surface area contributed by atoms with E-state index in [0.29, 0.717) is 21.2 Å². The molecule has 2 aromatic heterocycles. The zero-order chi connectivity index (χ0) is 22.4. The SMILES string of the molecule is CCc1ccc(/C(O)=C2\C(=O)C(=O)N(c3nc4ccc(Cl)cc4s3)C2c2cccs2)cc1. The Morgan fingerprint density at radius 2 is 1.94 bits per heavy atom. The summed E-state index contributed by atoms with van der Waals surface area (Å²) >= 11 is 8.82. The summed E-state index contributed by atoms with van der Waals surface area (Å²) < 4.78 is 0.814. The van der Waals surface area contributed by atoms with Gasteiger partial charge in [0.05, 0.1) is 15.8 Å². The zero-order valence-corrected chi connectivity index (χ0v) is 19.3. The molecule has 0 radical (unpaired) electrons. The van der Waals surface area contributed by atoms with Crippen LogP contribution in [0.2, 0.25) is 5.02 Å². The second-order valence-electron chi connectivity index (χ2n) is 7.34. The molecule has 32 heavy (non-hydrogen) atoms. The molecule has 1 N–H and O–H groups in total. The van der Waals surface area contributed by atoms with Gasteiger partial charge in [-0.1, -0.05) is 60.2 Å². The number of rotatable bonds is 4. The fourth-order valence-electron chi connectivity index (χ4n) is 3.79. The Hall–Kier alpha value is -3.00. The van der Waals surface area contributed by atoms with Gasteiger partial charge in [0.15, 0.2) is 5.13 Å². The van der Waals surface area contributed by atoms with Crippen molar-refractivity contribution >= 4 is 67.1 Å². The average molecular weight is 481 g/mol. The molecular formula is C24H17ClN2O3S2. The molecule has 8 heteroatoms. The molecular weight excluding hydrogens is 464 g/mol. The Bertz CT molecular complexity index is 1370. The standard InChI is InChI=1S/C24H17ClN2O3S2/c1-2-13-5-7-14(8-6-13)21(28)19-20(17-4-3-11-31-17)27(23(30)22(19)29)24-26-16-10-9-15(25)12-18(16)32-24/h3-12,20,28H,2H2,1H3/b21-19+. The van der Waals surface area contributed by atoms with E-state index in [-0.39, 0.29) is 11.3 Å². The summed E-state index contributed by atoms with van der Waals surface area (Å²) in [5.41, 5.74) is 2.37. The van der Waals surface area contributed by atoms with E-state index in [9.17, 15) is 14.7 Å². The molecule has 2 aromatic carbocycles. The summed E-state index contributed by atoms with van der Waals surface area (Å²) in [6, 6.07) is 15.6. The molecule has 1 fully saturated rings. The number of ketones is 1. The van der Waals surface area contributed by atoms with Gasteiger partial charge in [0, 0.05) is 15.5 Å². The molecule has 1 amide bonds. The number of thiazole rings is 1. The molecule has 1 aliphatic heterocycles. The number of benzene rings is 2. The lowest BCUT2D eigenvalue weighted by Gasteiger charge is -2.21. The average Bonchev–Trinajstić information content (AvgIpc) is 3.52. The summed E-state index contributed by atoms with van der Waals surface area (Å²) in [7, 11) is 0. The van der Waals surface area contributed by atoms with E-state index in [0.717, 1.165) is 21.6 Å². The minimum absolute atomic E-state index is 0.0685. The number of hydrogen-bond donors (Lipinski definition) is 1. The van der Waals surface area contributed by atoms with Gasteiger partial charge < -0.3 is 5.11 Å². The highest BCUT2D eigenvalue weighted by Crippen LogP contribution is 2.45. The number of hydrogen-bond acceptors (Lipinski definition) is 6. The molecule has 5 nitrogen and oxygen atoms in total. The summed E-state index contributed by atoms with van der Waals surface area (Å²) in [6.45, 7) is 2.04. The fraction of sp³-hybridized carbons (Fsp3) is 0.125.